The van der Waals surface area contributed by atoms with Crippen LogP contribution >= 0.6 is 34.0 Å². The molecule has 2 amide bonds. The van der Waals surface area contributed by atoms with E-state index in [1.54, 1.807) is 19.0 Å². The van der Waals surface area contributed by atoms with E-state index in [9.17, 15) is 4.79 Å². The maximum Gasteiger partial charge on any atom is 0.324 e. The number of carbonyl (C=O) groups is 1. The molecule has 1 aliphatic heterocycles. The van der Waals surface area contributed by atoms with Crippen molar-refractivity contribution >= 4 is 45.8 Å². The molecule has 0 aromatic rings. The van der Waals surface area contributed by atoms with Gasteiger partial charge in [0.05, 0.1) is 0 Å². The van der Waals surface area contributed by atoms with Crippen molar-refractivity contribution in [3.05, 3.63) is 0 Å². The van der Waals surface area contributed by atoms with Crippen molar-refractivity contribution in [3.63, 3.8) is 0 Å². The fraction of sp³-hybridized carbons (Fsp3) is 0.857. The summed E-state index contributed by atoms with van der Waals surface area (Å²) in [6.07, 6.45) is 2.01. The van der Waals surface area contributed by atoms with Gasteiger partial charge in [-0.2, -0.15) is 0 Å². The summed E-state index contributed by atoms with van der Waals surface area (Å²) >= 11 is 0. The van der Waals surface area contributed by atoms with Gasteiger partial charge < -0.3 is 15.3 Å². The Morgan fingerprint density at radius 1 is 1.14 bits per heavy atom. The Hall–Kier alpha value is -0.180. The molecule has 0 saturated carbocycles. The van der Waals surface area contributed by atoms with Gasteiger partial charge in [0.15, 0.2) is 0 Å². The summed E-state index contributed by atoms with van der Waals surface area (Å²) in [6.45, 7) is 5.90. The number of carbonyl (C=O) groups excluding carboxylic acids is 1. The van der Waals surface area contributed by atoms with Gasteiger partial charge in [0.2, 0.25) is 0 Å². The van der Waals surface area contributed by atoms with Crippen LogP contribution in [0, 0.1) is 5.92 Å². The number of rotatable bonds is 3. The molecule has 0 saturated heterocycles. The lowest BCUT2D eigenvalue weighted by Crippen LogP contribution is -2.47. The topological polar surface area (TPSA) is 70.7 Å². The third-order valence-corrected chi connectivity index (χ3v) is 3.34. The molecular weight excluding hydrogens is 416 g/mol. The van der Waals surface area contributed by atoms with Crippen LogP contribution in [0.3, 0.4) is 0 Å². The molecule has 2 unspecified atom stereocenters. The highest BCUT2D eigenvalue weighted by Crippen LogP contribution is 2.21. The number of urea groups is 1. The lowest BCUT2D eigenvalue weighted by Gasteiger charge is -2.33. The van der Waals surface area contributed by atoms with Crippen LogP contribution in [-0.2, 0) is 0 Å². The van der Waals surface area contributed by atoms with E-state index in [0.29, 0.717) is 18.5 Å². The Bertz CT molecular complexity index is 352. The van der Waals surface area contributed by atoms with Crippen molar-refractivity contribution < 1.29 is 10.3 Å². The molecular formula is C14H32Br2N4O2. The van der Waals surface area contributed by atoms with E-state index in [0.717, 1.165) is 25.2 Å². The fourth-order valence-corrected chi connectivity index (χ4v) is 2.39. The van der Waals surface area contributed by atoms with Crippen LogP contribution in [0.2, 0.25) is 0 Å². The van der Waals surface area contributed by atoms with Crippen LogP contribution in [0.5, 0.6) is 0 Å². The average Bonchev–Trinajstić information content (AvgIpc) is 2.27. The molecule has 2 N–H and O–H groups in total. The van der Waals surface area contributed by atoms with Gasteiger partial charge >= 0.3 is 6.03 Å². The molecule has 1 heterocycles. The zero-order chi connectivity index (χ0) is 14.6. The molecule has 1 rings (SSSR count). The molecule has 8 heteroatoms. The van der Waals surface area contributed by atoms with Gasteiger partial charge in [0, 0.05) is 39.6 Å². The average molecular weight is 448 g/mol. The van der Waals surface area contributed by atoms with E-state index < -0.39 is 0 Å². The molecule has 0 radical (unpaired) electrons. The summed E-state index contributed by atoms with van der Waals surface area (Å²) in [5.41, 5.74) is 0. The van der Waals surface area contributed by atoms with E-state index in [1.165, 1.54) is 0 Å². The van der Waals surface area contributed by atoms with Gasteiger partial charge in [-0.1, -0.05) is 6.92 Å². The number of amidine groups is 1. The maximum atomic E-state index is 12.3. The maximum absolute atomic E-state index is 12.3. The van der Waals surface area contributed by atoms with E-state index >= 15 is 0 Å². The predicted octanol–water partition coefficient (Wildman–Crippen LogP) is 2.08. The minimum atomic E-state index is 0. The number of hydrogen-bond acceptors (Lipinski definition) is 3. The molecule has 0 fully saturated rings. The molecule has 1 aliphatic rings. The molecule has 0 aromatic heterocycles. The quantitative estimate of drug-likeness (QED) is 0.664. The highest BCUT2D eigenvalue weighted by atomic mass is 79.9. The lowest BCUT2D eigenvalue weighted by molar-refractivity contribution is 0.189. The normalized spacial score (nSPS) is 20.0. The first-order valence-electron chi connectivity index (χ1n) is 7.01. The molecule has 0 bridgehead atoms. The number of hydrogen-bond donors (Lipinski definition) is 0. The molecule has 6 nitrogen and oxygen atoms in total. The fourth-order valence-electron chi connectivity index (χ4n) is 2.39. The zero-order valence-electron chi connectivity index (χ0n) is 14.5. The van der Waals surface area contributed by atoms with E-state index in [4.69, 9.17) is 4.99 Å². The van der Waals surface area contributed by atoms with Gasteiger partial charge in [-0.05, 0) is 33.4 Å². The number of aliphatic imine (C=N–C) groups is 1. The molecule has 0 spiro atoms. The Labute approximate surface area is 155 Å². The van der Waals surface area contributed by atoms with Crippen molar-refractivity contribution in [3.8, 4) is 0 Å². The monoisotopic (exact) mass is 446 g/mol. The third kappa shape index (κ3) is 8.45. The van der Waals surface area contributed by atoms with E-state index in [-0.39, 0.29) is 45.5 Å². The first kappa shape index (κ1) is 26.7. The largest absolute Gasteiger partial charge is 0.412 e. The summed E-state index contributed by atoms with van der Waals surface area (Å²) < 4.78 is 0. The molecule has 22 heavy (non-hydrogen) atoms. The number of amides is 2. The molecule has 2 atom stereocenters. The smallest absolute Gasteiger partial charge is 0.324 e. The predicted molar refractivity (Wildman–Crippen MR) is 104 cm³/mol. The second kappa shape index (κ2) is 12.3. The summed E-state index contributed by atoms with van der Waals surface area (Å²) in [5, 5.41) is 0. The van der Waals surface area contributed by atoms with Crippen molar-refractivity contribution in [1.29, 1.82) is 0 Å². The van der Waals surface area contributed by atoms with Gasteiger partial charge in [-0.25, -0.2) is 4.79 Å². The lowest BCUT2D eigenvalue weighted by atomic mass is 9.95. The van der Waals surface area contributed by atoms with Gasteiger partial charge in [-0.3, -0.25) is 9.89 Å². The van der Waals surface area contributed by atoms with Crippen LogP contribution in [0.1, 0.15) is 26.7 Å². The highest BCUT2D eigenvalue weighted by Gasteiger charge is 2.26. The van der Waals surface area contributed by atoms with Crippen LogP contribution in [0.25, 0.3) is 0 Å². The van der Waals surface area contributed by atoms with Crippen molar-refractivity contribution in [1.82, 2.24) is 14.7 Å². The van der Waals surface area contributed by atoms with Gasteiger partial charge in [-0.15, -0.1) is 34.0 Å². The summed E-state index contributed by atoms with van der Waals surface area (Å²) in [7, 11) is 7.63. The van der Waals surface area contributed by atoms with Crippen molar-refractivity contribution in [2.45, 2.75) is 32.7 Å². The molecule has 134 valence electrons. The van der Waals surface area contributed by atoms with E-state index in [2.05, 4.69) is 18.7 Å². The number of likely N-dealkylation sites (N-methyl/N-ethyl adjacent to an activating group) is 1. The molecule has 0 aliphatic carbocycles. The standard InChI is InChI=1S/C14H28N4O.2BrH.H2O/c1-11-9-12(2)15-13(10-11)18(8-7-16(3)4)14(19)17(5)6;;;/h11-12H,7-10H2,1-6H3;2*1H;1H2. The van der Waals surface area contributed by atoms with Crippen LogP contribution in [-0.4, -0.2) is 79.4 Å². The van der Waals surface area contributed by atoms with Crippen LogP contribution in [0.15, 0.2) is 4.99 Å². The highest BCUT2D eigenvalue weighted by molar-refractivity contribution is 8.93. The Morgan fingerprint density at radius 2 is 1.68 bits per heavy atom. The SMILES string of the molecule is Br.Br.CC1CC(N(CCN(C)C)C(=O)N(C)C)=NC(C)C1.O. The van der Waals surface area contributed by atoms with Crippen LogP contribution in [0.4, 0.5) is 4.79 Å². The summed E-state index contributed by atoms with van der Waals surface area (Å²) in [5.74, 6) is 1.55. The van der Waals surface area contributed by atoms with Crippen LogP contribution < -0.4 is 0 Å². The van der Waals surface area contributed by atoms with Crippen molar-refractivity contribution in [2.24, 2.45) is 10.9 Å². The Morgan fingerprint density at radius 3 is 2.09 bits per heavy atom. The summed E-state index contributed by atoms with van der Waals surface area (Å²) in [6, 6.07) is 0.345. The first-order valence-corrected chi connectivity index (χ1v) is 7.01. The Kier molecular flexibility index (Phi) is 14.9. The van der Waals surface area contributed by atoms with Gasteiger partial charge in [0.25, 0.3) is 0 Å². The van der Waals surface area contributed by atoms with Crippen molar-refractivity contribution in [2.75, 3.05) is 41.3 Å². The number of halogens is 2. The Balaban J connectivity index is -0.00000120. The van der Waals surface area contributed by atoms with E-state index in [1.807, 2.05) is 19.0 Å². The second-order valence-electron chi connectivity index (χ2n) is 6.07. The molecule has 0 aromatic carbocycles. The summed E-state index contributed by atoms with van der Waals surface area (Å²) in [4.78, 5) is 22.6. The third-order valence-electron chi connectivity index (χ3n) is 3.34. The second-order valence-corrected chi connectivity index (χ2v) is 6.07. The zero-order valence-corrected chi connectivity index (χ0v) is 17.9. The minimum Gasteiger partial charge on any atom is -0.412 e. The first-order chi connectivity index (χ1) is 8.81. The van der Waals surface area contributed by atoms with Gasteiger partial charge in [0.1, 0.15) is 5.84 Å². The number of nitrogens with zero attached hydrogens (tertiary/aromatic N) is 4. The minimum absolute atomic E-state index is 0.